The summed E-state index contributed by atoms with van der Waals surface area (Å²) in [6.45, 7) is 0.256. The summed E-state index contributed by atoms with van der Waals surface area (Å²) in [6, 6.07) is 1.97. The van der Waals surface area contributed by atoms with Crippen LogP contribution in [0.2, 0.25) is 0 Å². The Morgan fingerprint density at radius 1 is 0.969 bits per heavy atom. The maximum atomic E-state index is 12.6. The van der Waals surface area contributed by atoms with Gasteiger partial charge in [0.1, 0.15) is 17.8 Å². The molecule has 3 amide bonds. The third-order valence-electron chi connectivity index (χ3n) is 4.33. The lowest BCUT2D eigenvalue weighted by molar-refractivity contribution is -0.142. The number of carboxylic acids is 1. The molecule has 0 aliphatic heterocycles. The smallest absolute Gasteiger partial charge is 0.326 e. The summed E-state index contributed by atoms with van der Waals surface area (Å²) in [4.78, 5) is 51.6. The zero-order chi connectivity index (χ0) is 24.3. The second kappa shape index (κ2) is 12.7. The number of rotatable bonds is 13. The molecule has 176 valence electrons. The van der Waals surface area contributed by atoms with E-state index in [1.54, 1.807) is 0 Å². The summed E-state index contributed by atoms with van der Waals surface area (Å²) < 4.78 is 0. The van der Waals surface area contributed by atoms with Gasteiger partial charge in [0.25, 0.3) is 0 Å². The zero-order valence-electron chi connectivity index (χ0n) is 17.4. The third-order valence-corrected chi connectivity index (χ3v) is 4.33. The van der Waals surface area contributed by atoms with Crippen molar-refractivity contribution in [2.45, 2.75) is 43.8 Å². The van der Waals surface area contributed by atoms with E-state index in [2.05, 4.69) is 15.6 Å². The molecule has 0 heterocycles. The minimum absolute atomic E-state index is 0.00327. The number of nitrogens with zero attached hydrogens (tertiary/aromatic N) is 1. The van der Waals surface area contributed by atoms with Gasteiger partial charge in [0.15, 0.2) is 5.96 Å². The second-order valence-electron chi connectivity index (χ2n) is 7.06. The Kier molecular flexibility index (Phi) is 10.4. The van der Waals surface area contributed by atoms with Crippen molar-refractivity contribution in [3.63, 3.8) is 0 Å². The number of phenols is 1. The van der Waals surface area contributed by atoms with Crippen LogP contribution in [-0.2, 0) is 25.6 Å². The van der Waals surface area contributed by atoms with Crippen LogP contribution in [0, 0.1) is 0 Å². The Morgan fingerprint density at radius 3 is 2.09 bits per heavy atom. The highest BCUT2D eigenvalue weighted by molar-refractivity contribution is 5.94. The van der Waals surface area contributed by atoms with E-state index in [0.717, 1.165) is 0 Å². The number of aliphatic carboxylic acids is 1. The number of aliphatic imine (C=N–C) groups is 1. The lowest BCUT2D eigenvalue weighted by Gasteiger charge is -2.22. The quantitative estimate of drug-likeness (QED) is 0.0877. The summed E-state index contributed by atoms with van der Waals surface area (Å²) in [5.74, 6) is -3.92. The van der Waals surface area contributed by atoms with Crippen molar-refractivity contribution in [3.05, 3.63) is 29.8 Å². The molecule has 0 saturated heterocycles. The number of primary amides is 1. The van der Waals surface area contributed by atoms with Gasteiger partial charge >= 0.3 is 5.97 Å². The van der Waals surface area contributed by atoms with Crippen LogP contribution >= 0.6 is 0 Å². The maximum absolute atomic E-state index is 12.6. The first-order valence-corrected chi connectivity index (χ1v) is 9.70. The zero-order valence-corrected chi connectivity index (χ0v) is 17.4. The van der Waals surface area contributed by atoms with Gasteiger partial charge in [-0.3, -0.25) is 19.4 Å². The van der Waals surface area contributed by atoms with Gasteiger partial charge in [0.05, 0.1) is 12.5 Å². The van der Waals surface area contributed by atoms with Crippen molar-refractivity contribution in [1.82, 2.24) is 10.6 Å². The number of carbonyl (C=O) groups excluding carboxylic acids is 3. The molecule has 1 aromatic rings. The van der Waals surface area contributed by atoms with E-state index >= 15 is 0 Å². The first kappa shape index (κ1) is 26.2. The number of hydrogen-bond donors (Lipinski definition) is 8. The highest BCUT2D eigenvalue weighted by Crippen LogP contribution is 2.11. The van der Waals surface area contributed by atoms with E-state index in [0.29, 0.717) is 12.0 Å². The Labute approximate surface area is 184 Å². The van der Waals surface area contributed by atoms with Gasteiger partial charge < -0.3 is 43.8 Å². The first-order chi connectivity index (χ1) is 15.0. The van der Waals surface area contributed by atoms with Crippen molar-refractivity contribution < 1.29 is 29.4 Å². The summed E-state index contributed by atoms with van der Waals surface area (Å²) in [5, 5.41) is 23.4. The van der Waals surface area contributed by atoms with Crippen molar-refractivity contribution in [3.8, 4) is 5.75 Å². The Hall–Kier alpha value is -3.87. The van der Waals surface area contributed by atoms with E-state index in [9.17, 15) is 29.4 Å². The summed E-state index contributed by atoms with van der Waals surface area (Å²) in [6.07, 6.45) is -0.0498. The number of benzene rings is 1. The van der Waals surface area contributed by atoms with Gasteiger partial charge in [-0.1, -0.05) is 12.1 Å². The molecule has 0 radical (unpaired) electrons. The number of carbonyl (C=O) groups is 4. The number of phenolic OH excluding ortho intramolecular Hbond substituents is 1. The lowest BCUT2D eigenvalue weighted by atomic mass is 10.0. The lowest BCUT2D eigenvalue weighted by Crippen LogP contribution is -2.55. The summed E-state index contributed by atoms with van der Waals surface area (Å²) in [5.41, 5.74) is 21.9. The molecule has 13 nitrogen and oxygen atoms in total. The van der Waals surface area contributed by atoms with E-state index in [1.165, 1.54) is 24.3 Å². The molecule has 13 heteroatoms. The average molecular weight is 451 g/mol. The molecule has 0 bridgehead atoms. The van der Waals surface area contributed by atoms with Gasteiger partial charge in [-0.05, 0) is 30.5 Å². The number of amides is 3. The van der Waals surface area contributed by atoms with Crippen molar-refractivity contribution in [2.75, 3.05) is 6.54 Å². The van der Waals surface area contributed by atoms with Crippen LogP contribution in [0.5, 0.6) is 5.75 Å². The van der Waals surface area contributed by atoms with Gasteiger partial charge in [0, 0.05) is 13.0 Å². The predicted molar refractivity (Wildman–Crippen MR) is 115 cm³/mol. The molecule has 0 saturated carbocycles. The number of nitrogens with one attached hydrogen (secondary N) is 2. The van der Waals surface area contributed by atoms with Crippen molar-refractivity contribution in [1.29, 1.82) is 0 Å². The maximum Gasteiger partial charge on any atom is 0.326 e. The molecule has 0 spiro atoms. The molecule has 0 aliphatic carbocycles. The largest absolute Gasteiger partial charge is 0.508 e. The van der Waals surface area contributed by atoms with E-state index in [4.69, 9.17) is 22.9 Å². The summed E-state index contributed by atoms with van der Waals surface area (Å²) >= 11 is 0. The van der Waals surface area contributed by atoms with E-state index in [-0.39, 0.29) is 31.1 Å². The SMILES string of the molecule is NC(=O)CC(NC(=O)C(N)CCCN=C(N)N)C(=O)NC(Cc1ccc(O)cc1)C(=O)O. The standard InChI is InChI=1S/C19H29N7O6/c20-12(2-1-7-24-19(22)23)16(29)25-13(9-15(21)28)17(30)26-14(18(31)32)8-10-3-5-11(27)6-4-10/h3-6,12-14,27H,1-2,7-9,20H2,(H2,21,28)(H,25,29)(H,26,30)(H,31,32)(H4,22,23,24). The molecule has 1 rings (SSSR count). The van der Waals surface area contributed by atoms with Gasteiger partial charge in [0.2, 0.25) is 17.7 Å². The molecule has 0 aromatic heterocycles. The number of guanidine groups is 1. The molecule has 3 unspecified atom stereocenters. The van der Waals surface area contributed by atoms with Crippen LogP contribution in [-0.4, -0.2) is 64.5 Å². The fourth-order valence-electron chi connectivity index (χ4n) is 2.68. The topological polar surface area (TPSA) is 249 Å². The van der Waals surface area contributed by atoms with Gasteiger partial charge in [-0.15, -0.1) is 0 Å². The summed E-state index contributed by atoms with van der Waals surface area (Å²) in [7, 11) is 0. The van der Waals surface area contributed by atoms with Gasteiger partial charge in [-0.2, -0.15) is 0 Å². The molecule has 12 N–H and O–H groups in total. The third kappa shape index (κ3) is 9.75. The monoisotopic (exact) mass is 451 g/mol. The number of aromatic hydroxyl groups is 1. The van der Waals surface area contributed by atoms with Crippen LogP contribution in [0.4, 0.5) is 0 Å². The van der Waals surface area contributed by atoms with Gasteiger partial charge in [-0.25, -0.2) is 4.79 Å². The number of nitrogens with two attached hydrogens (primary N) is 4. The minimum Gasteiger partial charge on any atom is -0.508 e. The highest BCUT2D eigenvalue weighted by atomic mass is 16.4. The molecule has 0 fully saturated rings. The van der Waals surface area contributed by atoms with Crippen LogP contribution < -0.4 is 33.6 Å². The second-order valence-corrected chi connectivity index (χ2v) is 7.06. The van der Waals surface area contributed by atoms with E-state index in [1.807, 2.05) is 0 Å². The molecule has 3 atom stereocenters. The molecule has 1 aromatic carbocycles. The van der Waals surface area contributed by atoms with Crippen LogP contribution in [0.3, 0.4) is 0 Å². The Bertz CT molecular complexity index is 839. The fraction of sp³-hybridized carbons (Fsp3) is 0.421. The molecule has 32 heavy (non-hydrogen) atoms. The Morgan fingerprint density at radius 2 is 1.56 bits per heavy atom. The predicted octanol–water partition coefficient (Wildman–Crippen LogP) is -2.75. The average Bonchev–Trinajstić information content (AvgIpc) is 2.70. The van der Waals surface area contributed by atoms with Crippen molar-refractivity contribution in [2.24, 2.45) is 27.9 Å². The first-order valence-electron chi connectivity index (χ1n) is 9.70. The van der Waals surface area contributed by atoms with Crippen molar-refractivity contribution >= 4 is 29.7 Å². The number of carboxylic acid groups (broad SMARTS) is 1. The number of hydrogen-bond acceptors (Lipinski definition) is 7. The normalized spacial score (nSPS) is 13.3. The minimum atomic E-state index is -1.41. The fourth-order valence-corrected chi connectivity index (χ4v) is 2.68. The molecular formula is C19H29N7O6. The Balaban J connectivity index is 2.78. The van der Waals surface area contributed by atoms with E-state index < -0.39 is 48.2 Å². The van der Waals surface area contributed by atoms with Crippen LogP contribution in [0.25, 0.3) is 0 Å². The highest BCUT2D eigenvalue weighted by Gasteiger charge is 2.29. The molecular weight excluding hydrogens is 422 g/mol. The molecule has 0 aliphatic rings. The van der Waals surface area contributed by atoms with Crippen LogP contribution in [0.1, 0.15) is 24.8 Å². The van der Waals surface area contributed by atoms with Crippen LogP contribution in [0.15, 0.2) is 29.3 Å².